The SMILES string of the molecule is CCC(C)(N)c1nc(-c2ccc(F)c(Cl)c2)cs1. The number of hydrogen-bond donors (Lipinski definition) is 1. The number of thiazole rings is 1. The van der Waals surface area contributed by atoms with Crippen molar-refractivity contribution in [2.45, 2.75) is 25.8 Å². The molecule has 0 radical (unpaired) electrons. The Morgan fingerprint density at radius 2 is 2.22 bits per heavy atom. The molecule has 1 heterocycles. The third-order valence-corrected chi connectivity index (χ3v) is 4.35. The summed E-state index contributed by atoms with van der Waals surface area (Å²) in [7, 11) is 0. The first-order valence-corrected chi connectivity index (χ1v) is 6.90. The molecule has 0 fully saturated rings. The van der Waals surface area contributed by atoms with Gasteiger partial charge in [-0.05, 0) is 31.5 Å². The second-order valence-electron chi connectivity index (χ2n) is 4.44. The predicted molar refractivity (Wildman–Crippen MR) is 74.3 cm³/mol. The Morgan fingerprint density at radius 3 is 2.83 bits per heavy atom. The standard InChI is InChI=1S/C13H14ClFN2S/c1-3-13(2,16)12-17-11(7-18-12)8-4-5-10(15)9(14)6-8/h4-7H,3,16H2,1-2H3. The summed E-state index contributed by atoms with van der Waals surface area (Å²) in [6, 6.07) is 4.59. The van der Waals surface area contributed by atoms with E-state index in [1.807, 2.05) is 19.2 Å². The minimum absolute atomic E-state index is 0.105. The van der Waals surface area contributed by atoms with Gasteiger partial charge in [0.2, 0.25) is 0 Å². The Kier molecular flexibility index (Phi) is 3.71. The average Bonchev–Trinajstić information content (AvgIpc) is 2.83. The molecule has 5 heteroatoms. The molecule has 2 nitrogen and oxygen atoms in total. The Bertz CT molecular complexity index is 566. The minimum atomic E-state index is -0.424. The van der Waals surface area contributed by atoms with Crippen molar-refractivity contribution >= 4 is 22.9 Å². The number of nitrogens with two attached hydrogens (primary N) is 1. The zero-order valence-electron chi connectivity index (χ0n) is 10.2. The van der Waals surface area contributed by atoms with E-state index >= 15 is 0 Å². The molecule has 1 atom stereocenters. The fourth-order valence-electron chi connectivity index (χ4n) is 1.48. The fraction of sp³-hybridized carbons (Fsp3) is 0.308. The smallest absolute Gasteiger partial charge is 0.141 e. The molecular weight excluding hydrogens is 271 g/mol. The quantitative estimate of drug-likeness (QED) is 0.918. The van der Waals surface area contributed by atoms with Crippen molar-refractivity contribution in [2.75, 3.05) is 0 Å². The van der Waals surface area contributed by atoms with Crippen LogP contribution in [0.1, 0.15) is 25.3 Å². The number of benzene rings is 1. The van der Waals surface area contributed by atoms with Crippen LogP contribution < -0.4 is 5.73 Å². The van der Waals surface area contributed by atoms with Crippen molar-refractivity contribution in [1.29, 1.82) is 0 Å². The van der Waals surface area contributed by atoms with Gasteiger partial charge in [0.1, 0.15) is 10.8 Å². The maximum absolute atomic E-state index is 13.1. The first-order chi connectivity index (χ1) is 8.44. The van der Waals surface area contributed by atoms with Gasteiger partial charge in [-0.2, -0.15) is 0 Å². The molecule has 0 amide bonds. The monoisotopic (exact) mass is 284 g/mol. The number of aromatic nitrogens is 1. The summed E-state index contributed by atoms with van der Waals surface area (Å²) in [5.41, 5.74) is 7.30. The van der Waals surface area contributed by atoms with Gasteiger partial charge in [0.05, 0.1) is 16.3 Å². The summed E-state index contributed by atoms with van der Waals surface area (Å²) in [4.78, 5) is 4.51. The molecule has 2 N–H and O–H groups in total. The summed E-state index contributed by atoms with van der Waals surface area (Å²) >= 11 is 7.28. The van der Waals surface area contributed by atoms with Crippen LogP contribution in [0.5, 0.6) is 0 Å². The Hall–Kier alpha value is -0.970. The summed E-state index contributed by atoms with van der Waals surface area (Å²) in [6.45, 7) is 3.98. The molecule has 18 heavy (non-hydrogen) atoms. The van der Waals surface area contributed by atoms with Crippen LogP contribution in [0.4, 0.5) is 4.39 Å². The maximum Gasteiger partial charge on any atom is 0.141 e. The van der Waals surface area contributed by atoms with E-state index in [9.17, 15) is 4.39 Å². The van der Waals surface area contributed by atoms with E-state index in [1.165, 1.54) is 17.4 Å². The lowest BCUT2D eigenvalue weighted by molar-refractivity contribution is 0.474. The zero-order valence-corrected chi connectivity index (χ0v) is 11.8. The van der Waals surface area contributed by atoms with Crippen LogP contribution in [0.15, 0.2) is 23.6 Å². The third kappa shape index (κ3) is 2.55. The molecule has 0 aliphatic carbocycles. The largest absolute Gasteiger partial charge is 0.320 e. The average molecular weight is 285 g/mol. The number of hydrogen-bond acceptors (Lipinski definition) is 3. The highest BCUT2D eigenvalue weighted by Crippen LogP contribution is 2.30. The molecule has 96 valence electrons. The lowest BCUT2D eigenvalue weighted by Gasteiger charge is -2.18. The van der Waals surface area contributed by atoms with Crippen molar-refractivity contribution < 1.29 is 4.39 Å². The van der Waals surface area contributed by atoms with Gasteiger partial charge in [0.15, 0.2) is 0 Å². The van der Waals surface area contributed by atoms with Gasteiger partial charge < -0.3 is 5.73 Å². The van der Waals surface area contributed by atoms with Gasteiger partial charge in [0.25, 0.3) is 0 Å². The number of nitrogens with zero attached hydrogens (tertiary/aromatic N) is 1. The highest BCUT2D eigenvalue weighted by atomic mass is 35.5. The Labute approximate surface area is 115 Å². The topological polar surface area (TPSA) is 38.9 Å². The van der Waals surface area contributed by atoms with Gasteiger partial charge in [-0.15, -0.1) is 11.3 Å². The van der Waals surface area contributed by atoms with Crippen LogP contribution in [-0.2, 0) is 5.54 Å². The summed E-state index contributed by atoms with van der Waals surface area (Å²) < 4.78 is 13.1. The van der Waals surface area contributed by atoms with E-state index in [1.54, 1.807) is 12.1 Å². The number of halogens is 2. The molecule has 0 saturated carbocycles. The van der Waals surface area contributed by atoms with Gasteiger partial charge in [-0.1, -0.05) is 18.5 Å². The van der Waals surface area contributed by atoms with Gasteiger partial charge in [-0.3, -0.25) is 0 Å². The molecule has 0 bridgehead atoms. The van der Waals surface area contributed by atoms with Crippen LogP contribution in [0.25, 0.3) is 11.3 Å². The van der Waals surface area contributed by atoms with Crippen molar-refractivity contribution in [3.05, 3.63) is 39.4 Å². The van der Waals surface area contributed by atoms with E-state index in [0.717, 1.165) is 22.7 Å². The Morgan fingerprint density at radius 1 is 1.50 bits per heavy atom. The van der Waals surface area contributed by atoms with Crippen molar-refractivity contribution in [2.24, 2.45) is 5.73 Å². The highest BCUT2D eigenvalue weighted by Gasteiger charge is 2.22. The van der Waals surface area contributed by atoms with E-state index in [-0.39, 0.29) is 5.02 Å². The van der Waals surface area contributed by atoms with E-state index in [2.05, 4.69) is 4.98 Å². The molecule has 1 aromatic carbocycles. The summed E-state index contributed by atoms with van der Waals surface area (Å²) in [5.74, 6) is -0.423. The van der Waals surface area contributed by atoms with E-state index < -0.39 is 11.4 Å². The van der Waals surface area contributed by atoms with E-state index in [4.69, 9.17) is 17.3 Å². The normalized spacial score (nSPS) is 14.5. The van der Waals surface area contributed by atoms with Crippen LogP contribution in [0.2, 0.25) is 5.02 Å². The lowest BCUT2D eigenvalue weighted by Crippen LogP contribution is -2.31. The number of rotatable bonds is 3. The highest BCUT2D eigenvalue weighted by molar-refractivity contribution is 7.10. The van der Waals surface area contributed by atoms with Crippen LogP contribution >= 0.6 is 22.9 Å². The first kappa shape index (κ1) is 13.5. The van der Waals surface area contributed by atoms with Crippen molar-refractivity contribution in [1.82, 2.24) is 4.98 Å². The van der Waals surface area contributed by atoms with Crippen molar-refractivity contribution in [3.63, 3.8) is 0 Å². The molecule has 2 rings (SSSR count). The maximum atomic E-state index is 13.1. The molecule has 1 aromatic heterocycles. The van der Waals surface area contributed by atoms with Crippen LogP contribution in [0, 0.1) is 5.82 Å². The van der Waals surface area contributed by atoms with Crippen molar-refractivity contribution in [3.8, 4) is 11.3 Å². The molecule has 0 aliphatic heterocycles. The van der Waals surface area contributed by atoms with E-state index in [0.29, 0.717) is 0 Å². The molecule has 2 aromatic rings. The van der Waals surface area contributed by atoms with Gasteiger partial charge in [-0.25, -0.2) is 9.37 Å². The lowest BCUT2D eigenvalue weighted by atomic mass is 10.0. The minimum Gasteiger partial charge on any atom is -0.320 e. The Balaban J connectivity index is 2.38. The van der Waals surface area contributed by atoms with Gasteiger partial charge in [0, 0.05) is 10.9 Å². The zero-order chi connectivity index (χ0) is 13.3. The summed E-state index contributed by atoms with van der Waals surface area (Å²) in [6.07, 6.45) is 0.810. The molecular formula is C13H14ClFN2S. The second-order valence-corrected chi connectivity index (χ2v) is 5.70. The summed E-state index contributed by atoms with van der Waals surface area (Å²) in [5, 5.41) is 2.90. The third-order valence-electron chi connectivity index (χ3n) is 2.94. The molecule has 0 aliphatic rings. The second kappa shape index (κ2) is 4.96. The van der Waals surface area contributed by atoms with Crippen LogP contribution in [0.3, 0.4) is 0 Å². The van der Waals surface area contributed by atoms with Gasteiger partial charge >= 0.3 is 0 Å². The fourth-order valence-corrected chi connectivity index (χ4v) is 2.63. The van der Waals surface area contributed by atoms with Crippen LogP contribution in [-0.4, -0.2) is 4.98 Å². The first-order valence-electron chi connectivity index (χ1n) is 5.64. The molecule has 1 unspecified atom stereocenters. The molecule has 0 spiro atoms. The molecule has 0 saturated heterocycles. The predicted octanol–water partition coefficient (Wildman–Crippen LogP) is 4.19.